The average molecular weight is 307 g/mol. The highest BCUT2D eigenvalue weighted by atomic mass is 16.5. The van der Waals surface area contributed by atoms with Gasteiger partial charge in [0.2, 0.25) is 5.91 Å². The first-order valence-electron chi connectivity index (χ1n) is 6.99. The van der Waals surface area contributed by atoms with Gasteiger partial charge in [0, 0.05) is 19.4 Å². The number of carbonyl (C=O) groups is 2. The molecule has 0 atom stereocenters. The Hall–Kier alpha value is -1.22. The third kappa shape index (κ3) is 16.7. The second-order valence-electron chi connectivity index (χ2n) is 4.16. The van der Waals surface area contributed by atoms with Crippen molar-refractivity contribution in [2.45, 2.75) is 19.3 Å². The van der Waals surface area contributed by atoms with E-state index in [1.165, 1.54) is 0 Å². The topological polar surface area (TPSA) is 114 Å². The molecule has 0 fully saturated rings. The van der Waals surface area contributed by atoms with Crippen molar-refractivity contribution in [2.24, 2.45) is 0 Å². The fraction of sp³-hybridized carbons (Fsp3) is 0.846. The number of carboxylic acids is 1. The van der Waals surface area contributed by atoms with Gasteiger partial charge >= 0.3 is 5.97 Å². The normalized spacial score (nSPS) is 10.5. The van der Waals surface area contributed by atoms with E-state index in [2.05, 4.69) is 5.32 Å². The summed E-state index contributed by atoms with van der Waals surface area (Å²) >= 11 is 0. The monoisotopic (exact) mass is 307 g/mol. The maximum absolute atomic E-state index is 11.3. The number of nitrogens with one attached hydrogen (secondary N) is 1. The van der Waals surface area contributed by atoms with Gasteiger partial charge in [0.05, 0.1) is 46.2 Å². The molecule has 124 valence electrons. The lowest BCUT2D eigenvalue weighted by atomic mass is 10.2. The summed E-state index contributed by atoms with van der Waals surface area (Å²) in [4.78, 5) is 21.5. The lowest BCUT2D eigenvalue weighted by Gasteiger charge is -2.07. The molecule has 0 heterocycles. The molecule has 8 heteroatoms. The number of aliphatic carboxylic acids is 1. The largest absolute Gasteiger partial charge is 0.481 e. The molecule has 3 N–H and O–H groups in total. The zero-order valence-electron chi connectivity index (χ0n) is 12.2. The maximum Gasteiger partial charge on any atom is 0.303 e. The number of carboxylic acid groups (broad SMARTS) is 1. The molecule has 0 bridgehead atoms. The number of ether oxygens (including phenoxy) is 3. The van der Waals surface area contributed by atoms with E-state index in [0.717, 1.165) is 0 Å². The molecule has 21 heavy (non-hydrogen) atoms. The van der Waals surface area contributed by atoms with Crippen molar-refractivity contribution in [2.75, 3.05) is 52.8 Å². The second kappa shape index (κ2) is 15.2. The van der Waals surface area contributed by atoms with Crippen LogP contribution in [0.5, 0.6) is 0 Å². The first kappa shape index (κ1) is 19.8. The van der Waals surface area contributed by atoms with Gasteiger partial charge < -0.3 is 29.7 Å². The van der Waals surface area contributed by atoms with Crippen LogP contribution in [-0.2, 0) is 23.8 Å². The lowest BCUT2D eigenvalue weighted by Crippen LogP contribution is -2.27. The van der Waals surface area contributed by atoms with Gasteiger partial charge in [-0.3, -0.25) is 9.59 Å². The standard InChI is InChI=1S/C13H25NO7/c15-5-7-20-9-11-21-10-8-19-6-4-14-12(16)2-1-3-13(17)18/h15H,1-11H2,(H,14,16)(H,17,18). The molecule has 0 radical (unpaired) electrons. The van der Waals surface area contributed by atoms with Gasteiger partial charge in [-0.15, -0.1) is 0 Å². The summed E-state index contributed by atoms with van der Waals surface area (Å²) < 4.78 is 15.4. The Bertz CT molecular complexity index is 273. The minimum absolute atomic E-state index is 0.00325. The Balaban J connectivity index is 3.14. The highest BCUT2D eigenvalue weighted by Gasteiger charge is 2.02. The van der Waals surface area contributed by atoms with E-state index in [1.54, 1.807) is 0 Å². The van der Waals surface area contributed by atoms with E-state index in [1.807, 2.05) is 0 Å². The lowest BCUT2D eigenvalue weighted by molar-refractivity contribution is -0.137. The van der Waals surface area contributed by atoms with Crippen LogP contribution < -0.4 is 5.32 Å². The van der Waals surface area contributed by atoms with E-state index in [9.17, 15) is 9.59 Å². The van der Waals surface area contributed by atoms with Crippen LogP contribution in [0.25, 0.3) is 0 Å². The molecule has 0 aromatic rings. The average Bonchev–Trinajstić information content (AvgIpc) is 2.44. The molecule has 0 aromatic carbocycles. The fourth-order valence-electron chi connectivity index (χ4n) is 1.36. The number of hydrogen-bond acceptors (Lipinski definition) is 6. The van der Waals surface area contributed by atoms with Crippen LogP contribution in [0.3, 0.4) is 0 Å². The van der Waals surface area contributed by atoms with E-state index >= 15 is 0 Å². The number of aliphatic hydroxyl groups is 1. The highest BCUT2D eigenvalue weighted by molar-refractivity contribution is 5.76. The van der Waals surface area contributed by atoms with E-state index in [-0.39, 0.29) is 25.4 Å². The van der Waals surface area contributed by atoms with Crippen molar-refractivity contribution >= 4 is 11.9 Å². The molecule has 8 nitrogen and oxygen atoms in total. The second-order valence-corrected chi connectivity index (χ2v) is 4.16. The van der Waals surface area contributed by atoms with Crippen molar-refractivity contribution in [3.05, 3.63) is 0 Å². The summed E-state index contributed by atoms with van der Waals surface area (Å²) in [6.07, 6.45) is 0.556. The van der Waals surface area contributed by atoms with E-state index in [4.69, 9.17) is 24.4 Å². The SMILES string of the molecule is O=C(O)CCCC(=O)NCCOCCOCCOCCO. The Morgan fingerprint density at radius 1 is 0.857 bits per heavy atom. The van der Waals surface area contributed by atoms with Crippen LogP contribution >= 0.6 is 0 Å². The van der Waals surface area contributed by atoms with Gasteiger partial charge in [-0.2, -0.15) is 0 Å². The predicted octanol–water partition coefficient (Wildman–Crippen LogP) is -0.600. The molecule has 0 aliphatic heterocycles. The van der Waals surface area contributed by atoms with Crippen molar-refractivity contribution < 1.29 is 34.0 Å². The van der Waals surface area contributed by atoms with Gasteiger partial charge in [-0.05, 0) is 6.42 Å². The van der Waals surface area contributed by atoms with Gasteiger partial charge in [0.1, 0.15) is 0 Å². The zero-order chi connectivity index (χ0) is 15.8. The quantitative estimate of drug-likeness (QED) is 0.346. The van der Waals surface area contributed by atoms with Crippen molar-refractivity contribution in [1.29, 1.82) is 0 Å². The van der Waals surface area contributed by atoms with E-state index in [0.29, 0.717) is 52.6 Å². The smallest absolute Gasteiger partial charge is 0.303 e. The zero-order valence-corrected chi connectivity index (χ0v) is 12.2. The third-order valence-corrected chi connectivity index (χ3v) is 2.34. The predicted molar refractivity (Wildman–Crippen MR) is 74.0 cm³/mol. The van der Waals surface area contributed by atoms with Crippen LogP contribution in [0.1, 0.15) is 19.3 Å². The number of amides is 1. The molecule has 0 aliphatic rings. The van der Waals surface area contributed by atoms with Crippen LogP contribution in [0, 0.1) is 0 Å². The van der Waals surface area contributed by atoms with Gasteiger partial charge in [-0.25, -0.2) is 0 Å². The van der Waals surface area contributed by atoms with Crippen molar-refractivity contribution in [3.8, 4) is 0 Å². The summed E-state index contributed by atoms with van der Waals surface area (Å²) in [5.41, 5.74) is 0. The Morgan fingerprint density at radius 3 is 2.00 bits per heavy atom. The molecule has 0 spiro atoms. The molecule has 0 aliphatic carbocycles. The van der Waals surface area contributed by atoms with Crippen LogP contribution in [-0.4, -0.2) is 74.9 Å². The molecule has 0 unspecified atom stereocenters. The number of carbonyl (C=O) groups excluding carboxylic acids is 1. The number of rotatable bonds is 15. The van der Waals surface area contributed by atoms with Crippen molar-refractivity contribution in [1.82, 2.24) is 5.32 Å². The Morgan fingerprint density at radius 2 is 1.43 bits per heavy atom. The summed E-state index contributed by atoms with van der Waals surface area (Å²) in [5.74, 6) is -1.06. The Labute approximate surface area is 124 Å². The molecular weight excluding hydrogens is 282 g/mol. The molecule has 0 saturated heterocycles. The minimum Gasteiger partial charge on any atom is -0.481 e. The Kier molecular flexibility index (Phi) is 14.3. The maximum atomic E-state index is 11.3. The van der Waals surface area contributed by atoms with Crippen LogP contribution in [0.15, 0.2) is 0 Å². The highest BCUT2D eigenvalue weighted by Crippen LogP contribution is 1.94. The molecular formula is C13H25NO7. The summed E-state index contributed by atoms with van der Waals surface area (Å²) in [5, 5.41) is 19.5. The third-order valence-electron chi connectivity index (χ3n) is 2.34. The van der Waals surface area contributed by atoms with Gasteiger partial charge in [0.25, 0.3) is 0 Å². The van der Waals surface area contributed by atoms with Crippen LogP contribution in [0.4, 0.5) is 0 Å². The van der Waals surface area contributed by atoms with E-state index < -0.39 is 5.97 Å². The molecule has 1 amide bonds. The molecule has 0 saturated carbocycles. The minimum atomic E-state index is -0.895. The summed E-state index contributed by atoms with van der Waals surface area (Å²) in [7, 11) is 0. The van der Waals surface area contributed by atoms with Crippen molar-refractivity contribution in [3.63, 3.8) is 0 Å². The number of hydrogen-bond donors (Lipinski definition) is 3. The molecule has 0 rings (SSSR count). The molecule has 0 aromatic heterocycles. The fourth-order valence-corrected chi connectivity index (χ4v) is 1.36. The van der Waals surface area contributed by atoms with Gasteiger partial charge in [-0.1, -0.05) is 0 Å². The summed E-state index contributed by atoms with van der Waals surface area (Å²) in [6.45, 7) is 2.85. The first-order chi connectivity index (χ1) is 10.2. The first-order valence-corrected chi connectivity index (χ1v) is 6.99. The van der Waals surface area contributed by atoms with Gasteiger partial charge in [0.15, 0.2) is 0 Å². The number of aliphatic hydroxyl groups excluding tert-OH is 1. The van der Waals surface area contributed by atoms with Crippen LogP contribution in [0.2, 0.25) is 0 Å². The summed E-state index contributed by atoms with van der Waals surface area (Å²) in [6, 6.07) is 0.